The van der Waals surface area contributed by atoms with Crippen molar-refractivity contribution in [3.63, 3.8) is 0 Å². The van der Waals surface area contributed by atoms with Gasteiger partial charge in [0.2, 0.25) is 0 Å². The van der Waals surface area contributed by atoms with Crippen molar-refractivity contribution in [1.29, 1.82) is 0 Å². The van der Waals surface area contributed by atoms with Crippen LogP contribution in [0.15, 0.2) is 72.8 Å². The lowest BCUT2D eigenvalue weighted by Gasteiger charge is -2.40. The average Bonchev–Trinajstić information content (AvgIpc) is 2.88. The van der Waals surface area contributed by atoms with Crippen LogP contribution < -0.4 is 0 Å². The smallest absolute Gasteiger partial charge is 0.0713 e. The highest BCUT2D eigenvalue weighted by atomic mass is 35.5. The Morgan fingerprint density at radius 3 is 2.23 bits per heavy atom. The summed E-state index contributed by atoms with van der Waals surface area (Å²) in [6.45, 7) is 11.6. The molecule has 4 aromatic rings. The Bertz CT molecular complexity index is 1250. The third-order valence-electron chi connectivity index (χ3n) is 7.62. The lowest BCUT2D eigenvalue weighted by atomic mass is 9.95. The number of rotatable bonds is 6. The molecule has 5 heteroatoms. The van der Waals surface area contributed by atoms with Crippen LogP contribution in [0.3, 0.4) is 0 Å². The van der Waals surface area contributed by atoms with Gasteiger partial charge in [0.25, 0.3) is 0 Å². The summed E-state index contributed by atoms with van der Waals surface area (Å²) in [5, 5.41) is 3.81. The summed E-state index contributed by atoms with van der Waals surface area (Å²) in [7, 11) is 0. The van der Waals surface area contributed by atoms with E-state index in [1.54, 1.807) is 0 Å². The molecule has 35 heavy (non-hydrogen) atoms. The highest BCUT2D eigenvalue weighted by Crippen LogP contribution is 2.34. The molecule has 0 spiro atoms. The van der Waals surface area contributed by atoms with E-state index in [1.165, 1.54) is 40.1 Å². The summed E-state index contributed by atoms with van der Waals surface area (Å²) in [5.41, 5.74) is 4.74. The second-order valence-corrected chi connectivity index (χ2v) is 9.34. The normalized spacial score (nSPS) is 15.7. The molecule has 0 amide bonds. The summed E-state index contributed by atoms with van der Waals surface area (Å²) < 4.78 is 0. The maximum absolute atomic E-state index is 5.07. The molecule has 0 aliphatic carbocycles. The molecule has 1 aromatic heterocycles. The molecule has 0 radical (unpaired) electrons. The van der Waals surface area contributed by atoms with Crippen LogP contribution in [0.25, 0.3) is 32.9 Å². The summed E-state index contributed by atoms with van der Waals surface area (Å²) in [6, 6.07) is 27.3. The predicted molar refractivity (Wildman–Crippen MR) is 155 cm³/mol. The van der Waals surface area contributed by atoms with Crippen LogP contribution in [0.5, 0.6) is 0 Å². The first-order valence-electron chi connectivity index (χ1n) is 12.5. The molecule has 0 N–H and O–H groups in total. The van der Waals surface area contributed by atoms with Gasteiger partial charge in [-0.15, -0.1) is 24.8 Å². The van der Waals surface area contributed by atoms with Crippen molar-refractivity contribution in [2.24, 2.45) is 0 Å². The Kier molecular flexibility index (Phi) is 9.54. The summed E-state index contributed by atoms with van der Waals surface area (Å²) in [6.07, 6.45) is 2.51. The number of benzene rings is 3. The van der Waals surface area contributed by atoms with E-state index >= 15 is 0 Å². The van der Waals surface area contributed by atoms with Crippen LogP contribution >= 0.6 is 24.8 Å². The quantitative estimate of drug-likeness (QED) is 0.264. The Balaban J connectivity index is 0.00000171. The van der Waals surface area contributed by atoms with E-state index in [0.29, 0.717) is 6.04 Å². The summed E-state index contributed by atoms with van der Waals surface area (Å²) in [4.78, 5) is 10.4. The fourth-order valence-electron chi connectivity index (χ4n) is 5.62. The molecule has 3 nitrogen and oxygen atoms in total. The molecular formula is C30H37Cl2N3. The van der Waals surface area contributed by atoms with E-state index < -0.39 is 0 Å². The first-order chi connectivity index (χ1) is 16.2. The molecule has 1 aliphatic rings. The topological polar surface area (TPSA) is 19.4 Å². The molecular weight excluding hydrogens is 473 g/mol. The van der Waals surface area contributed by atoms with Crippen LogP contribution in [0.1, 0.15) is 45.2 Å². The minimum absolute atomic E-state index is 0. The molecule has 1 atom stereocenters. The average molecular weight is 511 g/mol. The van der Waals surface area contributed by atoms with Gasteiger partial charge in [0, 0.05) is 36.1 Å². The Morgan fingerprint density at radius 2 is 1.51 bits per heavy atom. The van der Waals surface area contributed by atoms with Gasteiger partial charge in [-0.25, -0.2) is 4.98 Å². The van der Waals surface area contributed by atoms with E-state index in [4.69, 9.17) is 4.98 Å². The highest BCUT2D eigenvalue weighted by molar-refractivity contribution is 5.89. The van der Waals surface area contributed by atoms with Crippen LogP contribution in [0, 0.1) is 0 Å². The molecule has 186 valence electrons. The van der Waals surface area contributed by atoms with Crippen molar-refractivity contribution in [3.05, 3.63) is 78.4 Å². The van der Waals surface area contributed by atoms with E-state index in [1.807, 2.05) is 0 Å². The van der Waals surface area contributed by atoms with Crippen LogP contribution in [0.2, 0.25) is 0 Å². The van der Waals surface area contributed by atoms with Crippen molar-refractivity contribution in [2.45, 2.75) is 45.7 Å². The lowest BCUT2D eigenvalue weighted by molar-refractivity contribution is 0.0943. The van der Waals surface area contributed by atoms with Gasteiger partial charge < -0.3 is 4.90 Å². The number of fused-ring (bicyclic) bond motifs is 2. The van der Waals surface area contributed by atoms with Gasteiger partial charge in [0.05, 0.1) is 11.2 Å². The van der Waals surface area contributed by atoms with Gasteiger partial charge in [-0.05, 0) is 67.4 Å². The molecule has 2 heterocycles. The fourth-order valence-corrected chi connectivity index (χ4v) is 5.62. The van der Waals surface area contributed by atoms with Crippen LogP contribution in [-0.4, -0.2) is 47.0 Å². The second-order valence-electron chi connectivity index (χ2n) is 9.34. The molecule has 0 bridgehead atoms. The predicted octanol–water partition coefficient (Wildman–Crippen LogP) is 7.77. The highest BCUT2D eigenvalue weighted by Gasteiger charge is 2.27. The first-order valence-corrected chi connectivity index (χ1v) is 12.5. The van der Waals surface area contributed by atoms with E-state index in [2.05, 4.69) is 103 Å². The number of para-hydroxylation sites is 1. The number of likely N-dealkylation sites (tertiary alicyclic amines) is 1. The SMILES string of the molecule is CCN(CC)C1CCN(C(C)c2cc(-c3ccc4ccccc4c3)nc3ccccc23)CC1.Cl.Cl. The summed E-state index contributed by atoms with van der Waals surface area (Å²) in [5.74, 6) is 0. The maximum Gasteiger partial charge on any atom is 0.0713 e. The number of aromatic nitrogens is 1. The van der Waals surface area contributed by atoms with Crippen LogP contribution in [-0.2, 0) is 0 Å². The van der Waals surface area contributed by atoms with Gasteiger partial charge in [-0.1, -0.05) is 68.4 Å². The van der Waals surface area contributed by atoms with Gasteiger partial charge in [-0.3, -0.25) is 4.90 Å². The maximum atomic E-state index is 5.07. The Labute approximate surface area is 222 Å². The molecule has 5 rings (SSSR count). The summed E-state index contributed by atoms with van der Waals surface area (Å²) >= 11 is 0. The first kappa shape index (κ1) is 27.4. The Morgan fingerprint density at radius 1 is 0.857 bits per heavy atom. The van der Waals surface area contributed by atoms with Crippen molar-refractivity contribution in [1.82, 2.24) is 14.8 Å². The fraction of sp³-hybridized carbons (Fsp3) is 0.367. The zero-order valence-electron chi connectivity index (χ0n) is 21.0. The van der Waals surface area contributed by atoms with Crippen molar-refractivity contribution in [2.75, 3.05) is 26.2 Å². The number of pyridine rings is 1. The zero-order chi connectivity index (χ0) is 22.8. The third kappa shape index (κ3) is 5.65. The lowest BCUT2D eigenvalue weighted by Crippen LogP contribution is -2.45. The minimum Gasteiger partial charge on any atom is -0.301 e. The van der Waals surface area contributed by atoms with Crippen molar-refractivity contribution in [3.8, 4) is 11.3 Å². The molecule has 3 aromatic carbocycles. The molecule has 1 unspecified atom stereocenters. The Hall–Kier alpha value is -2.17. The molecule has 1 fully saturated rings. The third-order valence-corrected chi connectivity index (χ3v) is 7.62. The minimum atomic E-state index is 0. The number of nitrogens with zero attached hydrogens (tertiary/aromatic N) is 3. The van der Waals surface area contributed by atoms with Gasteiger partial charge in [0.15, 0.2) is 0 Å². The van der Waals surface area contributed by atoms with E-state index in [9.17, 15) is 0 Å². The number of piperidine rings is 1. The standard InChI is InChI=1S/C30H35N3.2ClH/c1-4-32(5-2)26-16-18-33(19-17-26)22(3)28-21-30(31-29-13-9-8-12-27(28)29)25-15-14-23-10-6-7-11-24(23)20-25;;/h6-15,20-22,26H,4-5,16-19H2,1-3H3;2*1H. The number of hydrogen-bond donors (Lipinski definition) is 0. The largest absolute Gasteiger partial charge is 0.301 e. The van der Waals surface area contributed by atoms with E-state index in [-0.39, 0.29) is 24.8 Å². The van der Waals surface area contributed by atoms with Crippen molar-refractivity contribution < 1.29 is 0 Å². The second kappa shape index (κ2) is 12.2. The van der Waals surface area contributed by atoms with E-state index in [0.717, 1.165) is 43.4 Å². The van der Waals surface area contributed by atoms with Gasteiger partial charge >= 0.3 is 0 Å². The van der Waals surface area contributed by atoms with Gasteiger partial charge in [0.1, 0.15) is 0 Å². The van der Waals surface area contributed by atoms with Crippen LogP contribution in [0.4, 0.5) is 0 Å². The zero-order valence-corrected chi connectivity index (χ0v) is 22.6. The van der Waals surface area contributed by atoms with Gasteiger partial charge in [-0.2, -0.15) is 0 Å². The van der Waals surface area contributed by atoms with Crippen molar-refractivity contribution >= 4 is 46.5 Å². The number of hydrogen-bond acceptors (Lipinski definition) is 3. The molecule has 1 aliphatic heterocycles. The molecule has 0 saturated carbocycles. The number of halogens is 2. The molecule has 1 saturated heterocycles. The monoisotopic (exact) mass is 509 g/mol.